The molecule has 9 unspecified atom stereocenters. The minimum atomic E-state index is -0.00981. The highest BCUT2D eigenvalue weighted by atomic mass is 15.4. The summed E-state index contributed by atoms with van der Waals surface area (Å²) in [6, 6.07) is 1.41. The number of nitrogens with two attached hydrogens (primary N) is 1. The lowest BCUT2D eigenvalue weighted by Crippen LogP contribution is -2.60. The second kappa shape index (κ2) is 6.35. The smallest absolute Gasteiger partial charge is 0.0625 e. The number of hydrogen-bond donors (Lipinski definition) is 1. The largest absolute Gasteiger partial charge is 0.325 e. The van der Waals surface area contributed by atoms with E-state index in [1.807, 2.05) is 0 Å². The third-order valence-corrected chi connectivity index (χ3v) is 8.37. The van der Waals surface area contributed by atoms with Crippen LogP contribution < -0.4 is 5.73 Å². The van der Waals surface area contributed by atoms with Gasteiger partial charge in [-0.2, -0.15) is 0 Å². The van der Waals surface area contributed by atoms with Gasteiger partial charge in [0, 0.05) is 24.2 Å². The highest BCUT2D eigenvalue weighted by Gasteiger charge is 2.57. The standard InChI is InChI=1S/C22H39N3/c1-14-9-10-20(24(5)13-14)25-19-12-22(4,23)16(3)11-18(19)17-8-6-7-15(2)21(17)25/h6-7,14-21H,8-13,23H2,1-5H3. The van der Waals surface area contributed by atoms with Crippen molar-refractivity contribution < 1.29 is 0 Å². The maximum Gasteiger partial charge on any atom is 0.0625 e. The molecule has 9 atom stereocenters. The minimum absolute atomic E-state index is 0.00981. The van der Waals surface area contributed by atoms with E-state index in [4.69, 9.17) is 5.73 Å². The molecule has 2 saturated heterocycles. The van der Waals surface area contributed by atoms with Crippen LogP contribution in [0.25, 0.3) is 0 Å². The maximum absolute atomic E-state index is 6.79. The molecule has 3 nitrogen and oxygen atoms in total. The molecule has 0 aromatic heterocycles. The van der Waals surface area contributed by atoms with Crippen molar-refractivity contribution in [1.29, 1.82) is 0 Å². The SMILES string of the molecule is CC1CCC(N2C3CC(C)(N)C(C)CC3C3CC=CC(C)C32)N(C)C1. The fourth-order valence-electron chi connectivity index (χ4n) is 6.81. The van der Waals surface area contributed by atoms with Crippen molar-refractivity contribution in [2.45, 2.75) is 83.6 Å². The van der Waals surface area contributed by atoms with Gasteiger partial charge in [0.05, 0.1) is 6.17 Å². The molecule has 142 valence electrons. The van der Waals surface area contributed by atoms with E-state index in [9.17, 15) is 0 Å². The van der Waals surface area contributed by atoms with E-state index in [1.165, 1.54) is 38.6 Å². The van der Waals surface area contributed by atoms with Crippen molar-refractivity contribution in [2.24, 2.45) is 35.3 Å². The Balaban J connectivity index is 1.68. The molecule has 0 radical (unpaired) electrons. The Hall–Kier alpha value is -0.380. The third-order valence-electron chi connectivity index (χ3n) is 8.37. The number of fused-ring (bicyclic) bond motifs is 3. The molecular weight excluding hydrogens is 306 g/mol. The fraction of sp³-hybridized carbons (Fsp3) is 0.909. The Labute approximate surface area is 155 Å². The van der Waals surface area contributed by atoms with Crippen LogP contribution in [0, 0.1) is 29.6 Å². The van der Waals surface area contributed by atoms with Crippen molar-refractivity contribution in [3.63, 3.8) is 0 Å². The topological polar surface area (TPSA) is 32.5 Å². The Kier molecular flexibility index (Phi) is 4.57. The first-order valence-electron chi connectivity index (χ1n) is 10.7. The minimum Gasteiger partial charge on any atom is -0.325 e. The molecule has 0 spiro atoms. The van der Waals surface area contributed by atoms with E-state index >= 15 is 0 Å². The van der Waals surface area contributed by atoms with Gasteiger partial charge in [0.1, 0.15) is 0 Å². The van der Waals surface area contributed by atoms with Crippen LogP contribution in [0.1, 0.15) is 59.8 Å². The molecule has 2 aliphatic heterocycles. The van der Waals surface area contributed by atoms with Gasteiger partial charge in [-0.1, -0.05) is 32.9 Å². The molecule has 0 aromatic rings. The maximum atomic E-state index is 6.79. The predicted octanol–water partition coefficient (Wildman–Crippen LogP) is 3.70. The summed E-state index contributed by atoms with van der Waals surface area (Å²) in [6.07, 6.45) is 12.1. The first-order valence-corrected chi connectivity index (χ1v) is 10.7. The molecule has 4 aliphatic rings. The Morgan fingerprint density at radius 1 is 1.12 bits per heavy atom. The number of allylic oxidation sites excluding steroid dienone is 1. The van der Waals surface area contributed by atoms with Gasteiger partial charge < -0.3 is 5.73 Å². The summed E-state index contributed by atoms with van der Waals surface area (Å²) >= 11 is 0. The van der Waals surface area contributed by atoms with Gasteiger partial charge in [-0.15, -0.1) is 0 Å². The van der Waals surface area contributed by atoms with Crippen molar-refractivity contribution in [3.8, 4) is 0 Å². The molecule has 3 fully saturated rings. The molecular formula is C22H39N3. The quantitative estimate of drug-likeness (QED) is 0.736. The van der Waals surface area contributed by atoms with E-state index in [0.29, 0.717) is 24.0 Å². The van der Waals surface area contributed by atoms with Crippen molar-refractivity contribution in [1.82, 2.24) is 9.80 Å². The van der Waals surface area contributed by atoms with Crippen LogP contribution in [-0.2, 0) is 0 Å². The summed E-state index contributed by atoms with van der Waals surface area (Å²) in [7, 11) is 2.36. The molecule has 25 heavy (non-hydrogen) atoms. The van der Waals surface area contributed by atoms with Crippen molar-refractivity contribution in [2.75, 3.05) is 13.6 Å². The van der Waals surface area contributed by atoms with Gasteiger partial charge in [-0.05, 0) is 75.7 Å². The van der Waals surface area contributed by atoms with E-state index in [0.717, 1.165) is 23.8 Å². The normalized spacial score (nSPS) is 54.3. The van der Waals surface area contributed by atoms with Gasteiger partial charge in [-0.3, -0.25) is 9.80 Å². The lowest BCUT2D eigenvalue weighted by molar-refractivity contribution is -0.0441. The highest BCUT2D eigenvalue weighted by molar-refractivity contribution is 5.16. The summed E-state index contributed by atoms with van der Waals surface area (Å²) in [6.45, 7) is 10.8. The Bertz CT molecular complexity index is 527. The van der Waals surface area contributed by atoms with Crippen LogP contribution >= 0.6 is 0 Å². The van der Waals surface area contributed by atoms with Gasteiger partial charge in [-0.25, -0.2) is 0 Å². The van der Waals surface area contributed by atoms with Crippen LogP contribution in [0.3, 0.4) is 0 Å². The Morgan fingerprint density at radius 2 is 1.88 bits per heavy atom. The number of rotatable bonds is 1. The molecule has 2 N–H and O–H groups in total. The predicted molar refractivity (Wildman–Crippen MR) is 105 cm³/mol. The fourth-order valence-corrected chi connectivity index (χ4v) is 6.81. The van der Waals surface area contributed by atoms with Crippen molar-refractivity contribution >= 4 is 0 Å². The lowest BCUT2D eigenvalue weighted by atomic mass is 9.65. The van der Waals surface area contributed by atoms with Crippen LogP contribution in [0.5, 0.6) is 0 Å². The summed E-state index contributed by atoms with van der Waals surface area (Å²) in [5.41, 5.74) is 6.78. The number of piperidine rings is 1. The lowest BCUT2D eigenvalue weighted by Gasteiger charge is -2.51. The average Bonchev–Trinajstić information content (AvgIpc) is 2.82. The summed E-state index contributed by atoms with van der Waals surface area (Å²) in [5.74, 6) is 3.84. The van der Waals surface area contributed by atoms with Crippen molar-refractivity contribution in [3.05, 3.63) is 12.2 Å². The molecule has 2 aliphatic carbocycles. The van der Waals surface area contributed by atoms with Crippen LogP contribution in [0.2, 0.25) is 0 Å². The molecule has 2 heterocycles. The molecule has 4 rings (SSSR count). The molecule has 1 saturated carbocycles. The van der Waals surface area contributed by atoms with Crippen LogP contribution in [-0.4, -0.2) is 47.2 Å². The summed E-state index contributed by atoms with van der Waals surface area (Å²) in [4.78, 5) is 5.64. The van der Waals surface area contributed by atoms with E-state index < -0.39 is 0 Å². The number of hydrogen-bond acceptors (Lipinski definition) is 3. The zero-order chi connectivity index (χ0) is 17.9. The molecule has 0 amide bonds. The monoisotopic (exact) mass is 345 g/mol. The van der Waals surface area contributed by atoms with Gasteiger partial charge in [0.15, 0.2) is 0 Å². The highest BCUT2D eigenvalue weighted by Crippen LogP contribution is 2.53. The molecule has 0 bridgehead atoms. The van der Waals surface area contributed by atoms with Gasteiger partial charge >= 0.3 is 0 Å². The zero-order valence-electron chi connectivity index (χ0n) is 17.0. The van der Waals surface area contributed by atoms with E-state index in [-0.39, 0.29) is 5.54 Å². The van der Waals surface area contributed by atoms with Gasteiger partial charge in [0.2, 0.25) is 0 Å². The second-order valence-corrected chi connectivity index (χ2v) is 10.3. The van der Waals surface area contributed by atoms with Gasteiger partial charge in [0.25, 0.3) is 0 Å². The van der Waals surface area contributed by atoms with Crippen LogP contribution in [0.15, 0.2) is 12.2 Å². The Morgan fingerprint density at radius 3 is 2.60 bits per heavy atom. The first kappa shape index (κ1) is 18.0. The first-order chi connectivity index (χ1) is 11.8. The van der Waals surface area contributed by atoms with Crippen LogP contribution in [0.4, 0.5) is 0 Å². The number of likely N-dealkylation sites (tertiary alicyclic amines) is 2. The summed E-state index contributed by atoms with van der Waals surface area (Å²) < 4.78 is 0. The second-order valence-electron chi connectivity index (χ2n) is 10.3. The molecule has 0 aromatic carbocycles. The van der Waals surface area contributed by atoms with E-state index in [1.54, 1.807) is 0 Å². The average molecular weight is 346 g/mol. The molecule has 3 heteroatoms. The zero-order valence-corrected chi connectivity index (χ0v) is 17.0. The van der Waals surface area contributed by atoms with E-state index in [2.05, 4.69) is 56.7 Å². The third kappa shape index (κ3) is 2.91. The summed E-state index contributed by atoms with van der Waals surface area (Å²) in [5, 5.41) is 0. The number of nitrogens with zero attached hydrogens (tertiary/aromatic N) is 2.